The second kappa shape index (κ2) is 9.29. The second-order valence-electron chi connectivity index (χ2n) is 8.04. The molecule has 2 aromatic heterocycles. The van der Waals surface area contributed by atoms with Gasteiger partial charge in [0.2, 0.25) is 5.95 Å². The summed E-state index contributed by atoms with van der Waals surface area (Å²) >= 11 is 0. The summed E-state index contributed by atoms with van der Waals surface area (Å²) in [4.78, 5) is 22.3. The quantitative estimate of drug-likeness (QED) is 0.568. The fourth-order valence-electron chi connectivity index (χ4n) is 4.00. The van der Waals surface area contributed by atoms with Gasteiger partial charge in [-0.05, 0) is 18.2 Å². The summed E-state index contributed by atoms with van der Waals surface area (Å²) in [5.41, 5.74) is 0.405. The summed E-state index contributed by atoms with van der Waals surface area (Å²) in [6, 6.07) is 4.94. The van der Waals surface area contributed by atoms with Gasteiger partial charge in [0.1, 0.15) is 17.4 Å². The lowest BCUT2D eigenvalue weighted by atomic mass is 10.2. The van der Waals surface area contributed by atoms with Crippen molar-refractivity contribution in [2.24, 2.45) is 0 Å². The molecule has 0 atom stereocenters. The Hall–Kier alpha value is -3.06. The number of halogens is 3. The Balaban J connectivity index is 1.59. The molecule has 0 radical (unpaired) electrons. The van der Waals surface area contributed by atoms with Crippen molar-refractivity contribution in [1.82, 2.24) is 25.3 Å². The SMILES string of the molecule is O=S1CCN(c2nc(N3CCNCC3)nc3c(Nc4cccc(C(F)(F)F)c4)ncnc23)CC1. The number of nitrogens with one attached hydrogen (secondary N) is 2. The summed E-state index contributed by atoms with van der Waals surface area (Å²) in [5.74, 6) is 2.50. The van der Waals surface area contributed by atoms with Gasteiger partial charge in [-0.3, -0.25) is 4.21 Å². The maximum Gasteiger partial charge on any atom is 0.416 e. The van der Waals surface area contributed by atoms with Gasteiger partial charge in [-0.25, -0.2) is 15.0 Å². The first-order valence-corrected chi connectivity index (χ1v) is 12.4. The molecule has 1 aromatic carbocycles. The van der Waals surface area contributed by atoms with Crippen LogP contribution < -0.4 is 20.4 Å². The van der Waals surface area contributed by atoms with Crippen LogP contribution in [0, 0.1) is 0 Å². The Bertz CT molecular complexity index is 1210. The Morgan fingerprint density at radius 2 is 1.74 bits per heavy atom. The van der Waals surface area contributed by atoms with Crippen LogP contribution in [0.4, 0.5) is 36.4 Å². The van der Waals surface area contributed by atoms with Gasteiger partial charge in [-0.15, -0.1) is 0 Å². The van der Waals surface area contributed by atoms with E-state index in [0.717, 1.165) is 38.3 Å². The van der Waals surface area contributed by atoms with Crippen LogP contribution in [0.5, 0.6) is 0 Å². The lowest BCUT2D eigenvalue weighted by molar-refractivity contribution is -0.137. The minimum absolute atomic E-state index is 0.243. The summed E-state index contributed by atoms with van der Waals surface area (Å²) < 4.78 is 51.5. The molecule has 2 aliphatic rings. The highest BCUT2D eigenvalue weighted by molar-refractivity contribution is 7.85. The van der Waals surface area contributed by atoms with Crippen molar-refractivity contribution < 1.29 is 17.4 Å². The number of hydrogen-bond donors (Lipinski definition) is 2. The molecule has 13 heteroatoms. The lowest BCUT2D eigenvalue weighted by Gasteiger charge is -2.31. The highest BCUT2D eigenvalue weighted by atomic mass is 32.2. The van der Waals surface area contributed by atoms with Gasteiger partial charge >= 0.3 is 6.18 Å². The number of piperazine rings is 1. The Labute approximate surface area is 196 Å². The second-order valence-corrected chi connectivity index (χ2v) is 9.74. The summed E-state index contributed by atoms with van der Waals surface area (Å²) in [6.07, 6.45) is -3.11. The van der Waals surface area contributed by atoms with E-state index in [4.69, 9.17) is 9.97 Å². The van der Waals surface area contributed by atoms with Gasteiger partial charge < -0.3 is 20.4 Å². The van der Waals surface area contributed by atoms with E-state index in [9.17, 15) is 17.4 Å². The molecule has 9 nitrogen and oxygen atoms in total. The van der Waals surface area contributed by atoms with Crippen LogP contribution in [0.2, 0.25) is 0 Å². The molecule has 0 amide bonds. The van der Waals surface area contributed by atoms with Crippen LogP contribution in [0.3, 0.4) is 0 Å². The topological polar surface area (TPSA) is 99.2 Å². The van der Waals surface area contributed by atoms with Crippen LogP contribution >= 0.6 is 0 Å². The third kappa shape index (κ3) is 4.75. The molecule has 34 heavy (non-hydrogen) atoms. The van der Waals surface area contributed by atoms with Gasteiger partial charge in [-0.2, -0.15) is 18.2 Å². The fourth-order valence-corrected chi connectivity index (χ4v) is 5.05. The predicted molar refractivity (Wildman–Crippen MR) is 125 cm³/mol. The number of alkyl halides is 3. The number of benzene rings is 1. The first-order chi connectivity index (χ1) is 16.4. The average Bonchev–Trinajstić information content (AvgIpc) is 2.84. The van der Waals surface area contributed by atoms with Gasteiger partial charge in [0.25, 0.3) is 0 Å². The Kier molecular flexibility index (Phi) is 6.21. The zero-order valence-corrected chi connectivity index (χ0v) is 19.0. The highest BCUT2D eigenvalue weighted by Crippen LogP contribution is 2.33. The third-order valence-electron chi connectivity index (χ3n) is 5.78. The van der Waals surface area contributed by atoms with Crippen LogP contribution in [0.1, 0.15) is 5.56 Å². The van der Waals surface area contributed by atoms with Crippen molar-refractivity contribution in [2.75, 3.05) is 65.9 Å². The minimum atomic E-state index is -4.45. The van der Waals surface area contributed by atoms with Crippen LogP contribution in [-0.2, 0) is 17.0 Å². The van der Waals surface area contributed by atoms with E-state index in [1.54, 1.807) is 6.07 Å². The molecule has 0 unspecified atom stereocenters. The number of anilines is 4. The summed E-state index contributed by atoms with van der Waals surface area (Å²) in [6.45, 7) is 4.17. The molecule has 2 aliphatic heterocycles. The Morgan fingerprint density at radius 3 is 2.47 bits per heavy atom. The summed E-state index contributed by atoms with van der Waals surface area (Å²) in [7, 11) is -0.859. The molecule has 180 valence electrons. The van der Waals surface area contributed by atoms with E-state index in [1.807, 2.05) is 4.90 Å². The van der Waals surface area contributed by atoms with E-state index in [0.29, 0.717) is 53.2 Å². The Morgan fingerprint density at radius 1 is 0.971 bits per heavy atom. The monoisotopic (exact) mass is 492 g/mol. The van der Waals surface area contributed by atoms with Crippen molar-refractivity contribution in [3.8, 4) is 0 Å². The molecule has 2 fully saturated rings. The maximum absolute atomic E-state index is 13.2. The smallest absolute Gasteiger partial charge is 0.353 e. The first kappa shape index (κ1) is 22.7. The minimum Gasteiger partial charge on any atom is -0.353 e. The van der Waals surface area contributed by atoms with Crippen LogP contribution in [0.25, 0.3) is 11.0 Å². The van der Waals surface area contributed by atoms with E-state index in [1.165, 1.54) is 12.4 Å². The zero-order chi connectivity index (χ0) is 23.7. The molecule has 0 bridgehead atoms. The number of fused-ring (bicyclic) bond motifs is 1. The lowest BCUT2D eigenvalue weighted by Crippen LogP contribution is -2.44. The van der Waals surface area contributed by atoms with E-state index < -0.39 is 22.5 Å². The molecule has 5 rings (SSSR count). The largest absolute Gasteiger partial charge is 0.416 e. The first-order valence-electron chi connectivity index (χ1n) is 10.9. The van der Waals surface area contributed by atoms with Crippen molar-refractivity contribution in [3.63, 3.8) is 0 Å². The van der Waals surface area contributed by atoms with Crippen molar-refractivity contribution in [2.45, 2.75) is 6.18 Å². The van der Waals surface area contributed by atoms with E-state index in [2.05, 4.69) is 25.5 Å². The van der Waals surface area contributed by atoms with Crippen molar-refractivity contribution >= 4 is 45.1 Å². The maximum atomic E-state index is 13.2. The number of nitrogens with zero attached hydrogens (tertiary/aromatic N) is 6. The van der Waals surface area contributed by atoms with Gasteiger partial charge in [0.05, 0.1) is 5.56 Å². The van der Waals surface area contributed by atoms with Gasteiger partial charge in [-0.1, -0.05) is 6.07 Å². The summed E-state index contributed by atoms with van der Waals surface area (Å²) in [5, 5.41) is 6.28. The molecule has 0 spiro atoms. The molecule has 2 N–H and O–H groups in total. The number of hydrogen-bond acceptors (Lipinski definition) is 9. The molecular weight excluding hydrogens is 469 g/mol. The highest BCUT2D eigenvalue weighted by Gasteiger charge is 2.30. The fraction of sp³-hybridized carbons (Fsp3) is 0.429. The van der Waals surface area contributed by atoms with E-state index >= 15 is 0 Å². The van der Waals surface area contributed by atoms with Crippen LogP contribution in [-0.4, -0.2) is 74.9 Å². The molecule has 0 aliphatic carbocycles. The van der Waals surface area contributed by atoms with Crippen molar-refractivity contribution in [3.05, 3.63) is 36.2 Å². The molecule has 2 saturated heterocycles. The molecule has 0 saturated carbocycles. The van der Waals surface area contributed by atoms with Gasteiger partial charge in [0.15, 0.2) is 11.6 Å². The molecular formula is C21H23F3N8OS. The molecule has 3 aromatic rings. The zero-order valence-electron chi connectivity index (χ0n) is 18.2. The normalized spacial score (nSPS) is 17.9. The third-order valence-corrected chi connectivity index (χ3v) is 7.06. The average molecular weight is 493 g/mol. The number of aromatic nitrogens is 4. The van der Waals surface area contributed by atoms with Crippen molar-refractivity contribution in [1.29, 1.82) is 0 Å². The number of rotatable bonds is 4. The standard InChI is InChI=1S/C21H23F3N8OS/c22-21(23,24)14-2-1-3-15(12-14)28-18-16-17(26-13-27-18)19(31-8-10-34(33)11-9-31)30-20(29-16)32-6-4-25-5-7-32/h1-3,12-13,25H,4-11H2,(H,26,27,28). The van der Waals surface area contributed by atoms with Gasteiger partial charge in [0, 0.05) is 67.3 Å². The van der Waals surface area contributed by atoms with Crippen LogP contribution in [0.15, 0.2) is 30.6 Å². The van der Waals surface area contributed by atoms with E-state index in [-0.39, 0.29) is 5.69 Å². The predicted octanol–water partition coefficient (Wildman–Crippen LogP) is 2.16. The molecule has 4 heterocycles.